The van der Waals surface area contributed by atoms with Gasteiger partial charge in [-0.05, 0) is 0 Å². The lowest BCUT2D eigenvalue weighted by atomic mass is 10.2. The molecule has 0 saturated heterocycles. The number of aliphatic hydroxyl groups excluding tert-OH is 1. The molecule has 0 fully saturated rings. The van der Waals surface area contributed by atoms with Gasteiger partial charge in [0.15, 0.2) is 0 Å². The van der Waals surface area contributed by atoms with Gasteiger partial charge in [-0.2, -0.15) is 13.2 Å². The fourth-order valence-corrected chi connectivity index (χ4v) is 0.518. The summed E-state index contributed by atoms with van der Waals surface area (Å²) in [6.45, 7) is 0. The van der Waals surface area contributed by atoms with Crippen LogP contribution in [0.5, 0.6) is 0 Å². The molecule has 0 aliphatic rings. The maximum Gasteiger partial charge on any atom is 0.393 e. The summed E-state index contributed by atoms with van der Waals surface area (Å²) < 4.78 is 38.9. The molecule has 6 heteroatoms. The highest BCUT2D eigenvalue weighted by Gasteiger charge is 2.32. The number of carbonyl (C=O) groups excluding carboxylic acids is 1. The van der Waals surface area contributed by atoms with Crippen molar-refractivity contribution in [2.45, 2.75) is 12.6 Å². The Morgan fingerprint density at radius 1 is 1.58 bits per heavy atom. The number of hydrogen-bond donors (Lipinski definition) is 1. The topological polar surface area (TPSA) is 46.5 Å². The van der Waals surface area contributed by atoms with E-state index in [0.717, 1.165) is 7.11 Å². The summed E-state index contributed by atoms with van der Waals surface area (Å²) in [5, 5.41) is 8.23. The molecule has 0 aromatic carbocycles. The minimum absolute atomic E-state index is 0.0966. The molecule has 0 amide bonds. The predicted molar refractivity (Wildman–Crippen MR) is 33.4 cm³/mol. The Balaban J connectivity index is 4.31. The molecule has 0 saturated carbocycles. The third kappa shape index (κ3) is 3.85. The molecular weight excluding hydrogens is 177 g/mol. The molecule has 0 aromatic heterocycles. The van der Waals surface area contributed by atoms with E-state index in [1.165, 1.54) is 0 Å². The largest absolute Gasteiger partial charge is 0.515 e. The molecule has 12 heavy (non-hydrogen) atoms. The van der Waals surface area contributed by atoms with E-state index in [4.69, 9.17) is 5.11 Å². The Bertz CT molecular complexity index is 195. The summed E-state index contributed by atoms with van der Waals surface area (Å²) in [5.41, 5.74) is -0.815. The second kappa shape index (κ2) is 3.99. The summed E-state index contributed by atoms with van der Waals surface area (Å²) >= 11 is 0. The van der Waals surface area contributed by atoms with Gasteiger partial charge in [-0.25, -0.2) is 4.79 Å². The maximum absolute atomic E-state index is 11.6. The molecule has 0 atom stereocenters. The lowest BCUT2D eigenvalue weighted by Crippen LogP contribution is -2.15. The van der Waals surface area contributed by atoms with Crippen molar-refractivity contribution < 1.29 is 27.8 Å². The first-order valence-electron chi connectivity index (χ1n) is 2.89. The molecule has 0 spiro atoms. The standard InChI is InChI=1S/C6H7F3O3/c1-12-5(11)4(3-10)2-6(7,8)9/h3,10H,2H2,1H3/b4-3+. The maximum atomic E-state index is 11.6. The number of rotatable bonds is 2. The Morgan fingerprint density at radius 3 is 2.33 bits per heavy atom. The van der Waals surface area contributed by atoms with Crippen molar-refractivity contribution in [2.24, 2.45) is 0 Å². The van der Waals surface area contributed by atoms with Crippen LogP contribution >= 0.6 is 0 Å². The van der Waals surface area contributed by atoms with Gasteiger partial charge in [0.05, 0.1) is 25.4 Å². The quantitative estimate of drug-likeness (QED) is 0.402. The van der Waals surface area contributed by atoms with E-state index in [0.29, 0.717) is 0 Å². The molecule has 3 nitrogen and oxygen atoms in total. The highest BCUT2D eigenvalue weighted by molar-refractivity contribution is 5.88. The van der Waals surface area contributed by atoms with Gasteiger partial charge in [-0.3, -0.25) is 0 Å². The minimum atomic E-state index is -4.53. The van der Waals surface area contributed by atoms with E-state index >= 15 is 0 Å². The first kappa shape index (κ1) is 10.8. The lowest BCUT2D eigenvalue weighted by molar-refractivity contribution is -0.145. The SMILES string of the molecule is COC(=O)/C(=C/O)CC(F)(F)F. The normalized spacial score (nSPS) is 12.8. The van der Waals surface area contributed by atoms with Crippen LogP contribution in [0.1, 0.15) is 6.42 Å². The Hall–Kier alpha value is -1.20. The van der Waals surface area contributed by atoms with Crippen molar-refractivity contribution in [3.05, 3.63) is 11.8 Å². The number of carbonyl (C=O) groups is 1. The monoisotopic (exact) mass is 184 g/mol. The Morgan fingerprint density at radius 2 is 2.08 bits per heavy atom. The van der Waals surface area contributed by atoms with Gasteiger partial charge < -0.3 is 9.84 Å². The van der Waals surface area contributed by atoms with E-state index in [2.05, 4.69) is 4.74 Å². The molecule has 0 heterocycles. The zero-order chi connectivity index (χ0) is 9.78. The minimum Gasteiger partial charge on any atom is -0.515 e. The number of ether oxygens (including phenoxy) is 1. The molecular formula is C6H7F3O3. The van der Waals surface area contributed by atoms with Gasteiger partial charge in [0, 0.05) is 0 Å². The third-order valence-electron chi connectivity index (χ3n) is 0.994. The van der Waals surface area contributed by atoms with Crippen molar-refractivity contribution >= 4 is 5.97 Å². The molecule has 70 valence electrons. The van der Waals surface area contributed by atoms with E-state index in [1.54, 1.807) is 0 Å². The van der Waals surface area contributed by atoms with Crippen LogP contribution in [0.3, 0.4) is 0 Å². The van der Waals surface area contributed by atoms with E-state index in [9.17, 15) is 18.0 Å². The third-order valence-corrected chi connectivity index (χ3v) is 0.994. The molecule has 0 bridgehead atoms. The first-order valence-corrected chi connectivity index (χ1v) is 2.89. The van der Waals surface area contributed by atoms with E-state index in [-0.39, 0.29) is 6.26 Å². The van der Waals surface area contributed by atoms with Crippen molar-refractivity contribution in [1.29, 1.82) is 0 Å². The van der Waals surface area contributed by atoms with Crippen molar-refractivity contribution in [2.75, 3.05) is 7.11 Å². The molecule has 1 N–H and O–H groups in total. The first-order chi connectivity index (χ1) is 5.40. The summed E-state index contributed by atoms with van der Waals surface area (Å²) in [7, 11) is 0.933. The molecule has 0 unspecified atom stereocenters. The number of esters is 1. The summed E-state index contributed by atoms with van der Waals surface area (Å²) in [6.07, 6.45) is -5.92. The molecule has 0 radical (unpaired) electrons. The zero-order valence-corrected chi connectivity index (χ0v) is 6.18. The number of halogens is 3. The van der Waals surface area contributed by atoms with E-state index < -0.39 is 24.1 Å². The van der Waals surface area contributed by atoms with Crippen LogP contribution in [-0.2, 0) is 9.53 Å². The fraction of sp³-hybridized carbons (Fsp3) is 0.500. The van der Waals surface area contributed by atoms with Crippen LogP contribution in [0.25, 0.3) is 0 Å². The second-order valence-corrected chi connectivity index (χ2v) is 1.94. The van der Waals surface area contributed by atoms with Crippen LogP contribution in [-0.4, -0.2) is 24.4 Å². The van der Waals surface area contributed by atoms with Gasteiger partial charge in [-0.1, -0.05) is 0 Å². The zero-order valence-electron chi connectivity index (χ0n) is 6.18. The molecule has 0 aromatic rings. The highest BCUT2D eigenvalue weighted by atomic mass is 19.4. The lowest BCUT2D eigenvalue weighted by Gasteiger charge is -2.06. The van der Waals surface area contributed by atoms with Crippen molar-refractivity contribution in [3.63, 3.8) is 0 Å². The number of hydrogen-bond acceptors (Lipinski definition) is 3. The van der Waals surface area contributed by atoms with Gasteiger partial charge in [0.2, 0.25) is 0 Å². The van der Waals surface area contributed by atoms with Gasteiger partial charge in [0.1, 0.15) is 0 Å². The average molecular weight is 184 g/mol. The Kier molecular flexibility index (Phi) is 3.59. The van der Waals surface area contributed by atoms with Gasteiger partial charge in [0.25, 0.3) is 0 Å². The summed E-state index contributed by atoms with van der Waals surface area (Å²) in [4.78, 5) is 10.5. The van der Waals surface area contributed by atoms with Gasteiger partial charge >= 0.3 is 12.1 Å². The Labute approximate surface area is 66.4 Å². The van der Waals surface area contributed by atoms with Gasteiger partial charge in [-0.15, -0.1) is 0 Å². The van der Waals surface area contributed by atoms with Crippen molar-refractivity contribution in [3.8, 4) is 0 Å². The van der Waals surface area contributed by atoms with E-state index in [1.807, 2.05) is 0 Å². The number of alkyl halides is 3. The second-order valence-electron chi connectivity index (χ2n) is 1.94. The summed E-state index contributed by atoms with van der Waals surface area (Å²) in [6, 6.07) is 0. The van der Waals surface area contributed by atoms with Crippen LogP contribution < -0.4 is 0 Å². The van der Waals surface area contributed by atoms with Crippen LogP contribution in [0.4, 0.5) is 13.2 Å². The summed E-state index contributed by atoms with van der Waals surface area (Å²) in [5.74, 6) is -1.19. The fourth-order valence-electron chi connectivity index (χ4n) is 0.518. The van der Waals surface area contributed by atoms with Crippen LogP contribution in [0.2, 0.25) is 0 Å². The van der Waals surface area contributed by atoms with Crippen molar-refractivity contribution in [1.82, 2.24) is 0 Å². The number of aliphatic hydroxyl groups is 1. The average Bonchev–Trinajstić information content (AvgIpc) is 1.97. The molecule has 0 aliphatic carbocycles. The molecule has 0 aliphatic heterocycles. The highest BCUT2D eigenvalue weighted by Crippen LogP contribution is 2.24. The molecule has 0 rings (SSSR count). The smallest absolute Gasteiger partial charge is 0.393 e. The van der Waals surface area contributed by atoms with Crippen LogP contribution in [0, 0.1) is 0 Å². The number of methoxy groups -OCH3 is 1. The predicted octanol–water partition coefficient (Wildman–Crippen LogP) is 1.55. The van der Waals surface area contributed by atoms with Crippen LogP contribution in [0.15, 0.2) is 11.8 Å².